The predicted octanol–water partition coefficient (Wildman–Crippen LogP) is 2.23. The van der Waals surface area contributed by atoms with Gasteiger partial charge in [0.05, 0.1) is 0 Å². The fourth-order valence-corrected chi connectivity index (χ4v) is 2.88. The van der Waals surface area contributed by atoms with Crippen LogP contribution in [0, 0.1) is 0 Å². The Labute approximate surface area is 117 Å². The molecule has 0 bridgehead atoms. The molecule has 3 heterocycles. The zero-order valence-electron chi connectivity index (χ0n) is 11.3. The van der Waals surface area contributed by atoms with Crippen molar-refractivity contribution in [2.24, 2.45) is 0 Å². The molecule has 20 heavy (non-hydrogen) atoms. The van der Waals surface area contributed by atoms with Gasteiger partial charge in [-0.2, -0.15) is 4.98 Å². The molecule has 1 aromatic heterocycles. The number of rotatable bonds is 2. The van der Waals surface area contributed by atoms with E-state index in [1.807, 2.05) is 0 Å². The van der Waals surface area contributed by atoms with E-state index in [2.05, 4.69) is 33.7 Å². The van der Waals surface area contributed by atoms with Crippen LogP contribution in [0.2, 0.25) is 0 Å². The molecule has 0 amide bonds. The molecule has 1 fully saturated rings. The Bertz CT molecular complexity index is 617. The molecule has 2 aliphatic heterocycles. The number of nitrogens with zero attached hydrogens (tertiary/aromatic N) is 2. The van der Waals surface area contributed by atoms with E-state index in [4.69, 9.17) is 9.26 Å². The largest absolute Gasteiger partial charge is 0.370 e. The van der Waals surface area contributed by atoms with E-state index < -0.39 is 0 Å². The van der Waals surface area contributed by atoms with Gasteiger partial charge in [-0.1, -0.05) is 11.2 Å². The van der Waals surface area contributed by atoms with Crippen LogP contribution >= 0.6 is 0 Å². The zero-order chi connectivity index (χ0) is 13.4. The first-order chi connectivity index (χ1) is 9.90. The smallest absolute Gasteiger partial charge is 0.258 e. The minimum Gasteiger partial charge on any atom is -0.370 e. The van der Waals surface area contributed by atoms with Gasteiger partial charge < -0.3 is 14.6 Å². The summed E-state index contributed by atoms with van der Waals surface area (Å²) in [4.78, 5) is 4.49. The summed E-state index contributed by atoms with van der Waals surface area (Å²) < 4.78 is 11.0. The van der Waals surface area contributed by atoms with Crippen LogP contribution in [0.4, 0.5) is 0 Å². The second-order valence-corrected chi connectivity index (χ2v) is 5.37. The average Bonchev–Trinajstić information content (AvgIpc) is 3.17. The predicted molar refractivity (Wildman–Crippen MR) is 73.1 cm³/mol. The first-order valence-electron chi connectivity index (χ1n) is 7.18. The quantitative estimate of drug-likeness (QED) is 0.907. The normalized spacial score (nSPS) is 21.9. The third-order valence-electron chi connectivity index (χ3n) is 4.00. The van der Waals surface area contributed by atoms with Gasteiger partial charge in [-0.15, -0.1) is 0 Å². The first kappa shape index (κ1) is 12.1. The van der Waals surface area contributed by atoms with Crippen molar-refractivity contribution in [1.29, 1.82) is 0 Å². The van der Waals surface area contributed by atoms with E-state index in [0.717, 1.165) is 44.5 Å². The van der Waals surface area contributed by atoms with Crippen molar-refractivity contribution in [3.8, 4) is 11.5 Å². The number of aromatic nitrogens is 2. The van der Waals surface area contributed by atoms with E-state index in [1.54, 1.807) is 0 Å². The maximum atomic E-state index is 5.58. The lowest BCUT2D eigenvalue weighted by molar-refractivity contribution is 0.103. The highest BCUT2D eigenvalue weighted by molar-refractivity contribution is 5.56. The minimum absolute atomic E-state index is 0.00629. The van der Waals surface area contributed by atoms with Crippen molar-refractivity contribution in [3.05, 3.63) is 35.2 Å². The fraction of sp³-hybridized carbons (Fsp3) is 0.467. The SMILES string of the molecule is c1cc2c(cc1-c1nc(C3CCCO3)no1)CNCC2. The van der Waals surface area contributed by atoms with Crippen molar-refractivity contribution in [3.63, 3.8) is 0 Å². The van der Waals surface area contributed by atoms with Gasteiger partial charge in [-0.25, -0.2) is 0 Å². The monoisotopic (exact) mass is 271 g/mol. The number of ether oxygens (including phenoxy) is 1. The fourth-order valence-electron chi connectivity index (χ4n) is 2.88. The lowest BCUT2D eigenvalue weighted by Crippen LogP contribution is -2.23. The van der Waals surface area contributed by atoms with Gasteiger partial charge in [0, 0.05) is 18.7 Å². The highest BCUT2D eigenvalue weighted by Crippen LogP contribution is 2.29. The summed E-state index contributed by atoms with van der Waals surface area (Å²) in [5.41, 5.74) is 3.72. The van der Waals surface area contributed by atoms with Gasteiger partial charge in [0.25, 0.3) is 5.89 Å². The summed E-state index contributed by atoms with van der Waals surface area (Å²) in [5, 5.41) is 7.44. The number of hydrogen-bond acceptors (Lipinski definition) is 5. The summed E-state index contributed by atoms with van der Waals surface area (Å²) in [5.74, 6) is 1.26. The molecule has 2 aliphatic rings. The molecule has 0 radical (unpaired) electrons. The van der Waals surface area contributed by atoms with Gasteiger partial charge >= 0.3 is 0 Å². The van der Waals surface area contributed by atoms with E-state index in [-0.39, 0.29) is 6.10 Å². The molecule has 5 heteroatoms. The van der Waals surface area contributed by atoms with Gasteiger partial charge in [0.1, 0.15) is 6.10 Å². The summed E-state index contributed by atoms with van der Waals surface area (Å²) >= 11 is 0. The Morgan fingerprint density at radius 3 is 3.15 bits per heavy atom. The van der Waals surface area contributed by atoms with Gasteiger partial charge in [-0.3, -0.25) is 0 Å². The van der Waals surface area contributed by atoms with Gasteiger partial charge in [0.15, 0.2) is 0 Å². The molecule has 0 spiro atoms. The Hall–Kier alpha value is -1.72. The summed E-state index contributed by atoms with van der Waals surface area (Å²) in [6.07, 6.45) is 3.14. The Kier molecular flexibility index (Phi) is 3.01. The molecular formula is C15H17N3O2. The number of benzene rings is 1. The first-order valence-corrected chi connectivity index (χ1v) is 7.18. The summed E-state index contributed by atoms with van der Waals surface area (Å²) in [6.45, 7) is 2.75. The highest BCUT2D eigenvalue weighted by Gasteiger charge is 2.23. The topological polar surface area (TPSA) is 60.2 Å². The molecular weight excluding hydrogens is 254 g/mol. The second kappa shape index (κ2) is 5.00. The molecule has 1 aromatic carbocycles. The van der Waals surface area contributed by atoms with Crippen LogP contribution in [0.1, 0.15) is 35.9 Å². The van der Waals surface area contributed by atoms with E-state index in [0.29, 0.717) is 11.7 Å². The molecule has 0 aliphatic carbocycles. The summed E-state index contributed by atoms with van der Waals surface area (Å²) in [6, 6.07) is 6.38. The van der Waals surface area contributed by atoms with Gasteiger partial charge in [0.2, 0.25) is 5.82 Å². The lowest BCUT2D eigenvalue weighted by atomic mass is 9.98. The van der Waals surface area contributed by atoms with Crippen LogP contribution in [0.15, 0.2) is 22.7 Å². The molecule has 5 nitrogen and oxygen atoms in total. The average molecular weight is 271 g/mol. The molecule has 104 valence electrons. The van der Waals surface area contributed by atoms with Crippen molar-refractivity contribution >= 4 is 0 Å². The third kappa shape index (κ3) is 2.13. The molecule has 1 saturated heterocycles. The molecule has 1 N–H and O–H groups in total. The molecule has 0 saturated carbocycles. The molecule has 1 atom stereocenters. The summed E-state index contributed by atoms with van der Waals surface area (Å²) in [7, 11) is 0. The lowest BCUT2D eigenvalue weighted by Gasteiger charge is -2.17. The highest BCUT2D eigenvalue weighted by atomic mass is 16.5. The Morgan fingerprint density at radius 1 is 1.25 bits per heavy atom. The second-order valence-electron chi connectivity index (χ2n) is 5.37. The van der Waals surface area contributed by atoms with Crippen LogP contribution in [0.5, 0.6) is 0 Å². The standard InChI is InChI=1S/C15H17N3O2/c1-2-13(19-7-1)14-17-15(20-18-14)11-4-3-10-5-6-16-9-12(10)8-11/h3-4,8,13,16H,1-2,5-7,9H2. The van der Waals surface area contributed by atoms with Crippen LogP contribution in [-0.2, 0) is 17.7 Å². The Balaban J connectivity index is 1.63. The maximum absolute atomic E-state index is 5.58. The molecule has 4 rings (SSSR count). The number of fused-ring (bicyclic) bond motifs is 1. The third-order valence-corrected chi connectivity index (χ3v) is 4.00. The van der Waals surface area contributed by atoms with Crippen molar-refractivity contribution in [2.75, 3.05) is 13.2 Å². The van der Waals surface area contributed by atoms with E-state index >= 15 is 0 Å². The van der Waals surface area contributed by atoms with Crippen LogP contribution in [0.3, 0.4) is 0 Å². The maximum Gasteiger partial charge on any atom is 0.258 e. The molecule has 1 unspecified atom stereocenters. The van der Waals surface area contributed by atoms with Crippen molar-refractivity contribution in [2.45, 2.75) is 31.9 Å². The molecule has 2 aromatic rings. The minimum atomic E-state index is 0.00629. The van der Waals surface area contributed by atoms with E-state index in [1.165, 1.54) is 11.1 Å². The van der Waals surface area contributed by atoms with Crippen LogP contribution in [0.25, 0.3) is 11.5 Å². The van der Waals surface area contributed by atoms with Crippen LogP contribution in [-0.4, -0.2) is 23.3 Å². The van der Waals surface area contributed by atoms with Crippen molar-refractivity contribution < 1.29 is 9.26 Å². The number of hydrogen-bond donors (Lipinski definition) is 1. The Morgan fingerprint density at radius 2 is 2.25 bits per heavy atom. The van der Waals surface area contributed by atoms with Gasteiger partial charge in [-0.05, 0) is 49.1 Å². The van der Waals surface area contributed by atoms with Crippen molar-refractivity contribution in [1.82, 2.24) is 15.5 Å². The van der Waals surface area contributed by atoms with E-state index in [9.17, 15) is 0 Å². The number of nitrogens with one attached hydrogen (secondary N) is 1. The van der Waals surface area contributed by atoms with Crippen LogP contribution < -0.4 is 5.32 Å². The zero-order valence-corrected chi connectivity index (χ0v) is 11.3.